The van der Waals surface area contributed by atoms with E-state index < -0.39 is 18.4 Å². The predicted octanol–water partition coefficient (Wildman–Crippen LogP) is 1.12. The van der Waals surface area contributed by atoms with Crippen LogP contribution in [-0.4, -0.2) is 59.5 Å². The molecule has 0 aromatic rings. The van der Waals surface area contributed by atoms with E-state index in [1.165, 1.54) is 26.2 Å². The van der Waals surface area contributed by atoms with Crippen LogP contribution in [0.3, 0.4) is 0 Å². The molecule has 0 saturated heterocycles. The second-order valence-electron chi connectivity index (χ2n) is 12.2. The number of Topliss-reactive ketones (excluding diaryl/α,β-unsaturated/α-hetero) is 3. The number of carboxylic acid groups (broad SMARTS) is 2. The molecule has 0 radical (unpaired) electrons. The molecule has 0 aliphatic heterocycles. The van der Waals surface area contributed by atoms with Crippen LogP contribution in [0.4, 0.5) is 0 Å². The quantitative estimate of drug-likeness (QED) is 0.134. The molecule has 3 aliphatic carbocycles. The van der Waals surface area contributed by atoms with Crippen molar-refractivity contribution in [1.82, 2.24) is 0 Å². The minimum Gasteiger partial charge on any atom is -0.550 e. The van der Waals surface area contributed by atoms with Crippen LogP contribution in [0, 0.1) is 35.5 Å². The molecule has 0 amide bonds. The zero-order valence-electron chi connectivity index (χ0n) is 28.4. The fraction of sp³-hybridized carbons (Fsp3) is 0.788. The molecule has 6 unspecified atom stereocenters. The maximum Gasteiger partial charge on any atom is 1.00 e. The first-order chi connectivity index (χ1) is 20.6. The molecule has 0 bridgehead atoms. The van der Waals surface area contributed by atoms with E-state index in [0.717, 1.165) is 54.8 Å². The van der Waals surface area contributed by atoms with Crippen LogP contribution in [0.25, 0.3) is 0 Å². The Labute approximate surface area is 310 Å². The minimum absolute atomic E-state index is 0. The molecule has 3 saturated carbocycles. The van der Waals surface area contributed by atoms with Gasteiger partial charge in [-0.15, -0.1) is 0 Å². The number of rotatable bonds is 17. The number of ether oxygens (including phenoxy) is 2. The Bertz CT molecular complexity index is 904. The summed E-state index contributed by atoms with van der Waals surface area (Å²) in [5, 5.41) is 17.8. The monoisotopic (exact) mass is 664 g/mol. The summed E-state index contributed by atoms with van der Waals surface area (Å²) in [6.07, 6.45) is 7.36. The van der Waals surface area contributed by atoms with Crippen LogP contribution < -0.4 is 56.5 Å². The van der Waals surface area contributed by atoms with E-state index in [9.17, 15) is 38.7 Å². The molecule has 1 N–H and O–H groups in total. The summed E-state index contributed by atoms with van der Waals surface area (Å²) < 4.78 is 9.39. The minimum atomic E-state index is -1.31. The number of ketones is 3. The number of aliphatic carboxylic acids is 2. The van der Waals surface area contributed by atoms with E-state index in [0.29, 0.717) is 32.5 Å². The number of carbonyl (C=O) groups is 7. The fourth-order valence-corrected chi connectivity index (χ4v) is 4.53. The van der Waals surface area contributed by atoms with Gasteiger partial charge in [0.05, 0.1) is 13.2 Å². The van der Waals surface area contributed by atoms with Crippen LogP contribution in [0.15, 0.2) is 0 Å². The molecule has 0 heterocycles. The molecule has 3 rings (SSSR count). The van der Waals surface area contributed by atoms with Gasteiger partial charge < -0.3 is 24.5 Å². The Balaban J connectivity index is 0. The van der Waals surface area contributed by atoms with Crippen molar-refractivity contribution in [1.29, 1.82) is 0 Å². The summed E-state index contributed by atoms with van der Waals surface area (Å²) in [6.45, 7) is 12.0. The first-order valence-corrected chi connectivity index (χ1v) is 15.8. The summed E-state index contributed by atoms with van der Waals surface area (Å²) in [7, 11) is 0. The molecule has 252 valence electrons. The molecular formula is C33H53KO11. The second-order valence-corrected chi connectivity index (χ2v) is 12.2. The van der Waals surface area contributed by atoms with Crippen LogP contribution in [-0.2, 0) is 43.0 Å². The number of carboxylic acids is 2. The Morgan fingerprint density at radius 1 is 0.644 bits per heavy atom. The smallest absolute Gasteiger partial charge is 0.550 e. The Hall–Kier alpha value is -1.47. The van der Waals surface area contributed by atoms with Crippen LogP contribution in [0.1, 0.15) is 119 Å². The van der Waals surface area contributed by atoms with Crippen LogP contribution in [0.2, 0.25) is 0 Å². The Kier molecular flexibility index (Phi) is 26.0. The molecule has 11 nitrogen and oxygen atoms in total. The molecule has 0 aromatic carbocycles. The van der Waals surface area contributed by atoms with E-state index >= 15 is 0 Å². The first-order valence-electron chi connectivity index (χ1n) is 15.8. The molecule has 6 atom stereocenters. The largest absolute Gasteiger partial charge is 1.00 e. The zero-order valence-corrected chi connectivity index (χ0v) is 31.5. The van der Waals surface area contributed by atoms with Crippen LogP contribution >= 0.6 is 0 Å². The number of hydrogen-bond acceptors (Lipinski definition) is 10. The van der Waals surface area contributed by atoms with E-state index in [4.69, 9.17) is 14.6 Å². The summed E-state index contributed by atoms with van der Waals surface area (Å²) in [5.41, 5.74) is 0. The van der Waals surface area contributed by atoms with Crippen molar-refractivity contribution in [3.63, 3.8) is 0 Å². The van der Waals surface area contributed by atoms with E-state index in [2.05, 4.69) is 20.8 Å². The second kappa shape index (κ2) is 25.6. The SMILES string of the molecule is CC(=O)CC(=O)[O-].CC1CC1CCC(=O)O.CCOC(=O)CC(=O)CCC1CC1C.CCOC(=O)CC(=O)CCC1CC1C.[K+]. The van der Waals surface area contributed by atoms with Crippen LogP contribution in [0.5, 0.6) is 0 Å². The number of carbonyl (C=O) groups excluding carboxylic acids is 6. The van der Waals surface area contributed by atoms with Crippen molar-refractivity contribution in [3.8, 4) is 0 Å². The average Bonchev–Trinajstić information content (AvgIpc) is 3.85. The van der Waals surface area contributed by atoms with Gasteiger partial charge in [0.25, 0.3) is 0 Å². The Morgan fingerprint density at radius 2 is 0.956 bits per heavy atom. The van der Waals surface area contributed by atoms with Crippen molar-refractivity contribution in [2.75, 3.05) is 13.2 Å². The van der Waals surface area contributed by atoms with Crippen molar-refractivity contribution in [2.24, 2.45) is 35.5 Å². The van der Waals surface area contributed by atoms with Crippen molar-refractivity contribution < 1.29 is 105 Å². The third-order valence-corrected chi connectivity index (χ3v) is 7.83. The van der Waals surface area contributed by atoms with E-state index in [1.54, 1.807) is 13.8 Å². The van der Waals surface area contributed by atoms with Crippen molar-refractivity contribution in [2.45, 2.75) is 119 Å². The molecular weight excluding hydrogens is 611 g/mol. The fourth-order valence-electron chi connectivity index (χ4n) is 4.53. The van der Waals surface area contributed by atoms with Gasteiger partial charge in [0.15, 0.2) is 0 Å². The van der Waals surface area contributed by atoms with Gasteiger partial charge in [-0.05, 0) is 94.8 Å². The van der Waals surface area contributed by atoms with Crippen molar-refractivity contribution >= 4 is 41.2 Å². The third-order valence-electron chi connectivity index (χ3n) is 7.83. The molecule has 0 aromatic heterocycles. The topological polar surface area (TPSA) is 181 Å². The van der Waals surface area contributed by atoms with Gasteiger partial charge in [-0.1, -0.05) is 20.8 Å². The maximum atomic E-state index is 11.3. The summed E-state index contributed by atoms with van der Waals surface area (Å²) in [4.78, 5) is 73.8. The van der Waals surface area contributed by atoms with Gasteiger partial charge in [-0.25, -0.2) is 0 Å². The molecule has 3 fully saturated rings. The first kappa shape index (κ1) is 45.6. The standard InChI is InChI=1S/2C11H18O3.C7H12O2.C4H6O3.K/c2*1-3-14-11(13)7-10(12)5-4-9-6-8(9)2;1-5-4-6(5)2-3-7(8)9;1-3(5)2-4(6)7;/h2*8-9H,3-7H2,1-2H3;5-6H,2-4H2,1H3,(H,8,9);2H2,1H3,(H,6,7);/q;;;;+1/p-1. The number of esters is 2. The normalized spacial score (nSPS) is 22.9. The average molecular weight is 665 g/mol. The molecule has 45 heavy (non-hydrogen) atoms. The molecule has 3 aliphatic rings. The summed E-state index contributed by atoms with van der Waals surface area (Å²) in [5.74, 6) is 1.44. The molecule has 12 heteroatoms. The maximum absolute atomic E-state index is 11.3. The molecule has 0 spiro atoms. The zero-order chi connectivity index (χ0) is 33.8. The van der Waals surface area contributed by atoms with Gasteiger partial charge in [-0.3, -0.25) is 28.8 Å². The third kappa shape index (κ3) is 28.5. The van der Waals surface area contributed by atoms with Crippen molar-refractivity contribution in [3.05, 3.63) is 0 Å². The van der Waals surface area contributed by atoms with E-state index in [1.807, 2.05) is 0 Å². The Morgan fingerprint density at radius 3 is 1.16 bits per heavy atom. The van der Waals surface area contributed by atoms with Gasteiger partial charge in [0, 0.05) is 31.7 Å². The summed E-state index contributed by atoms with van der Waals surface area (Å²) in [6, 6.07) is 0. The number of hydrogen-bond donors (Lipinski definition) is 1. The predicted molar refractivity (Wildman–Crippen MR) is 160 cm³/mol. The van der Waals surface area contributed by atoms with Gasteiger partial charge >= 0.3 is 69.3 Å². The summed E-state index contributed by atoms with van der Waals surface area (Å²) >= 11 is 0. The van der Waals surface area contributed by atoms with E-state index in [-0.39, 0.29) is 93.5 Å². The van der Waals surface area contributed by atoms with Gasteiger partial charge in [-0.2, -0.15) is 0 Å². The van der Waals surface area contributed by atoms with Gasteiger partial charge in [0.1, 0.15) is 30.2 Å². The van der Waals surface area contributed by atoms with Gasteiger partial charge in [0.2, 0.25) is 0 Å².